The number of halogens is 2. The summed E-state index contributed by atoms with van der Waals surface area (Å²) in [6, 6.07) is 8.71. The minimum absolute atomic E-state index is 0.00365. The Morgan fingerprint density at radius 3 is 2.40 bits per heavy atom. The Labute approximate surface area is 201 Å². The Morgan fingerprint density at radius 1 is 1.11 bits per heavy atom. The molecule has 35 heavy (non-hydrogen) atoms. The van der Waals surface area contributed by atoms with Crippen molar-refractivity contribution in [2.75, 3.05) is 13.1 Å². The third kappa shape index (κ3) is 6.23. The van der Waals surface area contributed by atoms with Gasteiger partial charge in [0.15, 0.2) is 11.6 Å². The van der Waals surface area contributed by atoms with Gasteiger partial charge in [-0.15, -0.1) is 0 Å². The SMILES string of the molecule is C=C(C)C(=O)N1CCC[C@@H](N=C(N)C(C(N)=O)=C(N)c2ccc(Oc3ccc(F)cc3F)cc2)C1. The molecule has 0 saturated carbocycles. The molecule has 1 atom stereocenters. The van der Waals surface area contributed by atoms with E-state index < -0.39 is 17.5 Å². The standard InChI is InChI=1S/C25H27F2N5O3/c1-14(2)25(34)32-11-3-4-17(13-32)31-23(29)21(24(30)33)22(28)15-5-8-18(9-6-15)35-20-10-7-16(26)12-19(20)27/h5-10,12,17H,1,3-4,11,13,28H2,2H3,(H2,29,31)(H2,30,33)/t17-/m1/s1. The van der Waals surface area contributed by atoms with E-state index >= 15 is 0 Å². The molecule has 3 rings (SSSR count). The molecule has 2 aromatic carbocycles. The molecule has 0 aromatic heterocycles. The maximum atomic E-state index is 13.8. The van der Waals surface area contributed by atoms with Crippen molar-refractivity contribution in [2.45, 2.75) is 25.8 Å². The van der Waals surface area contributed by atoms with Crippen LogP contribution in [0, 0.1) is 11.6 Å². The fourth-order valence-corrected chi connectivity index (χ4v) is 3.70. The number of carbonyl (C=O) groups excluding carboxylic acids is 2. The van der Waals surface area contributed by atoms with Crippen LogP contribution < -0.4 is 21.9 Å². The van der Waals surface area contributed by atoms with Crippen molar-refractivity contribution < 1.29 is 23.1 Å². The number of aliphatic imine (C=N–C) groups is 1. The maximum Gasteiger partial charge on any atom is 0.254 e. The van der Waals surface area contributed by atoms with Crippen LogP contribution in [0.15, 0.2) is 65.2 Å². The molecule has 0 bridgehead atoms. The zero-order valence-corrected chi connectivity index (χ0v) is 19.3. The molecule has 0 aliphatic carbocycles. The molecule has 1 saturated heterocycles. The predicted octanol–water partition coefficient (Wildman–Crippen LogP) is 2.84. The van der Waals surface area contributed by atoms with Crippen LogP contribution in [0.25, 0.3) is 5.70 Å². The first-order valence-corrected chi connectivity index (χ1v) is 10.9. The molecule has 1 heterocycles. The molecular formula is C25H27F2N5O3. The molecule has 6 N–H and O–H groups in total. The van der Waals surface area contributed by atoms with Gasteiger partial charge in [-0.25, -0.2) is 8.78 Å². The van der Waals surface area contributed by atoms with Gasteiger partial charge >= 0.3 is 0 Å². The minimum atomic E-state index is -0.858. The molecule has 1 aliphatic heterocycles. The van der Waals surface area contributed by atoms with E-state index in [1.54, 1.807) is 11.8 Å². The molecule has 0 radical (unpaired) electrons. The number of hydrogen-bond acceptors (Lipinski definition) is 5. The zero-order valence-electron chi connectivity index (χ0n) is 19.3. The average Bonchev–Trinajstić information content (AvgIpc) is 2.80. The van der Waals surface area contributed by atoms with E-state index in [9.17, 15) is 18.4 Å². The van der Waals surface area contributed by atoms with Crippen molar-refractivity contribution in [3.63, 3.8) is 0 Å². The summed E-state index contributed by atoms with van der Waals surface area (Å²) in [5.74, 6) is -2.59. The summed E-state index contributed by atoms with van der Waals surface area (Å²) in [4.78, 5) is 30.5. The summed E-state index contributed by atoms with van der Waals surface area (Å²) in [6.07, 6.45) is 1.40. The molecule has 0 spiro atoms. The molecular weight excluding hydrogens is 456 g/mol. The van der Waals surface area contributed by atoms with Crippen molar-refractivity contribution in [1.29, 1.82) is 0 Å². The highest BCUT2D eigenvalue weighted by Crippen LogP contribution is 2.26. The molecule has 184 valence electrons. The first-order valence-electron chi connectivity index (χ1n) is 10.9. The number of amidine groups is 1. The predicted molar refractivity (Wildman–Crippen MR) is 129 cm³/mol. The lowest BCUT2D eigenvalue weighted by Gasteiger charge is -2.31. The second-order valence-corrected chi connectivity index (χ2v) is 8.20. The Morgan fingerprint density at radius 2 is 1.80 bits per heavy atom. The van der Waals surface area contributed by atoms with Crippen molar-refractivity contribution >= 4 is 23.3 Å². The Bertz CT molecular complexity index is 1210. The van der Waals surface area contributed by atoms with Gasteiger partial charge in [0.1, 0.15) is 23.0 Å². The number of hydrogen-bond donors (Lipinski definition) is 3. The van der Waals surface area contributed by atoms with E-state index in [1.807, 2.05) is 0 Å². The van der Waals surface area contributed by atoms with Gasteiger partial charge < -0.3 is 26.8 Å². The van der Waals surface area contributed by atoms with Gasteiger partial charge in [0, 0.05) is 24.7 Å². The number of benzene rings is 2. The van der Waals surface area contributed by atoms with Gasteiger partial charge in [-0.1, -0.05) is 6.58 Å². The van der Waals surface area contributed by atoms with Crippen LogP contribution >= 0.6 is 0 Å². The third-order valence-corrected chi connectivity index (χ3v) is 5.43. The van der Waals surface area contributed by atoms with E-state index in [1.165, 1.54) is 30.3 Å². The fourth-order valence-electron chi connectivity index (χ4n) is 3.70. The molecule has 1 fully saturated rings. The van der Waals surface area contributed by atoms with Gasteiger partial charge in [0.05, 0.1) is 11.7 Å². The number of amides is 2. The lowest BCUT2D eigenvalue weighted by Crippen LogP contribution is -2.43. The largest absolute Gasteiger partial charge is 0.454 e. The molecule has 1 aliphatic rings. The van der Waals surface area contributed by atoms with E-state index in [2.05, 4.69) is 11.6 Å². The van der Waals surface area contributed by atoms with E-state index in [4.69, 9.17) is 21.9 Å². The van der Waals surface area contributed by atoms with Crippen LogP contribution in [0.3, 0.4) is 0 Å². The smallest absolute Gasteiger partial charge is 0.254 e. The summed E-state index contributed by atoms with van der Waals surface area (Å²) < 4.78 is 32.3. The van der Waals surface area contributed by atoms with Crippen LogP contribution in [0.2, 0.25) is 0 Å². The fraction of sp³-hybridized carbons (Fsp3) is 0.240. The van der Waals surface area contributed by atoms with Gasteiger partial charge in [-0.3, -0.25) is 14.6 Å². The van der Waals surface area contributed by atoms with Crippen LogP contribution in [0.5, 0.6) is 11.5 Å². The van der Waals surface area contributed by atoms with Crippen LogP contribution in [-0.4, -0.2) is 41.7 Å². The highest BCUT2D eigenvalue weighted by molar-refractivity contribution is 6.24. The number of likely N-dealkylation sites (tertiary alicyclic amines) is 1. The Kier molecular flexibility index (Phi) is 7.85. The molecule has 10 heteroatoms. The highest BCUT2D eigenvalue weighted by Gasteiger charge is 2.25. The van der Waals surface area contributed by atoms with E-state index in [0.29, 0.717) is 36.7 Å². The second-order valence-electron chi connectivity index (χ2n) is 8.20. The summed E-state index contributed by atoms with van der Waals surface area (Å²) in [5, 5.41) is 0. The minimum Gasteiger partial charge on any atom is -0.454 e. The summed E-state index contributed by atoms with van der Waals surface area (Å²) in [6.45, 7) is 6.26. The Balaban J connectivity index is 1.82. The molecule has 0 unspecified atom stereocenters. The number of rotatable bonds is 7. The van der Waals surface area contributed by atoms with Gasteiger partial charge in [-0.05, 0) is 61.7 Å². The van der Waals surface area contributed by atoms with Crippen molar-refractivity contribution in [2.24, 2.45) is 22.2 Å². The number of carbonyl (C=O) groups is 2. The number of primary amides is 1. The second kappa shape index (κ2) is 10.8. The summed E-state index contributed by atoms with van der Waals surface area (Å²) in [5.41, 5.74) is 18.6. The van der Waals surface area contributed by atoms with Crippen molar-refractivity contribution in [3.05, 3.63) is 77.4 Å². The van der Waals surface area contributed by atoms with Gasteiger partial charge in [0.25, 0.3) is 5.91 Å². The van der Waals surface area contributed by atoms with Gasteiger partial charge in [-0.2, -0.15) is 0 Å². The van der Waals surface area contributed by atoms with Crippen molar-refractivity contribution in [3.8, 4) is 11.5 Å². The average molecular weight is 484 g/mol. The topological polar surface area (TPSA) is 137 Å². The first-order chi connectivity index (χ1) is 16.6. The molecule has 2 amide bonds. The van der Waals surface area contributed by atoms with Crippen LogP contribution in [0.1, 0.15) is 25.3 Å². The normalized spacial score (nSPS) is 16.9. The maximum absolute atomic E-state index is 13.8. The number of nitrogens with two attached hydrogens (primary N) is 3. The highest BCUT2D eigenvalue weighted by atomic mass is 19.1. The molecule has 8 nitrogen and oxygen atoms in total. The van der Waals surface area contributed by atoms with E-state index in [0.717, 1.165) is 12.5 Å². The molecule has 2 aromatic rings. The summed E-state index contributed by atoms with van der Waals surface area (Å²) >= 11 is 0. The number of piperidine rings is 1. The Hall–Kier alpha value is -4.21. The van der Waals surface area contributed by atoms with Crippen LogP contribution in [0.4, 0.5) is 8.78 Å². The lowest BCUT2D eigenvalue weighted by molar-refractivity contribution is -0.128. The monoisotopic (exact) mass is 483 g/mol. The number of nitrogens with zero attached hydrogens (tertiary/aromatic N) is 2. The lowest BCUT2D eigenvalue weighted by atomic mass is 10.0. The van der Waals surface area contributed by atoms with Crippen molar-refractivity contribution in [1.82, 2.24) is 4.90 Å². The first kappa shape index (κ1) is 25.4. The number of ether oxygens (including phenoxy) is 1. The quantitative estimate of drug-likeness (QED) is 0.316. The van der Waals surface area contributed by atoms with Gasteiger partial charge in [0.2, 0.25) is 5.91 Å². The third-order valence-electron chi connectivity index (χ3n) is 5.43. The van der Waals surface area contributed by atoms with Crippen LogP contribution in [-0.2, 0) is 9.59 Å². The van der Waals surface area contributed by atoms with E-state index in [-0.39, 0.29) is 40.6 Å². The summed E-state index contributed by atoms with van der Waals surface area (Å²) in [7, 11) is 0. The zero-order chi connectivity index (χ0) is 25.7.